The van der Waals surface area contributed by atoms with Crippen molar-refractivity contribution in [2.75, 3.05) is 25.0 Å². The first-order valence-electron chi connectivity index (χ1n) is 5.36. The van der Waals surface area contributed by atoms with E-state index in [9.17, 15) is 0 Å². The molecule has 0 aliphatic carbocycles. The minimum atomic E-state index is 0.680. The number of pyridine rings is 1. The molecule has 1 aromatic rings. The highest BCUT2D eigenvalue weighted by molar-refractivity contribution is 6.33. The van der Waals surface area contributed by atoms with Gasteiger partial charge in [-0.25, -0.2) is 4.98 Å². The van der Waals surface area contributed by atoms with Gasteiger partial charge in [-0.05, 0) is 18.2 Å². The number of aromatic nitrogens is 1. The Bertz CT molecular complexity index is 352. The first-order valence-corrected chi connectivity index (χ1v) is 5.74. The third-order valence-corrected chi connectivity index (χ3v) is 2.50. The van der Waals surface area contributed by atoms with Crippen molar-refractivity contribution in [3.63, 3.8) is 0 Å². The first-order chi connectivity index (χ1) is 7.69. The first kappa shape index (κ1) is 13.0. The van der Waals surface area contributed by atoms with Gasteiger partial charge in [0.1, 0.15) is 5.82 Å². The SMILES string of the molecule is C=CCN(C)c1ncc(CNCC)cc1Cl. The number of anilines is 1. The minimum absolute atomic E-state index is 0.680. The lowest BCUT2D eigenvalue weighted by atomic mass is 10.2. The summed E-state index contributed by atoms with van der Waals surface area (Å²) in [4.78, 5) is 6.32. The van der Waals surface area contributed by atoms with Crippen LogP contribution in [0.4, 0.5) is 5.82 Å². The van der Waals surface area contributed by atoms with Gasteiger partial charge in [-0.1, -0.05) is 24.6 Å². The maximum Gasteiger partial charge on any atom is 0.147 e. The molecule has 0 spiro atoms. The van der Waals surface area contributed by atoms with Crippen molar-refractivity contribution in [2.24, 2.45) is 0 Å². The van der Waals surface area contributed by atoms with Gasteiger partial charge in [-0.2, -0.15) is 0 Å². The van der Waals surface area contributed by atoms with Crippen LogP contribution in [0, 0.1) is 0 Å². The van der Waals surface area contributed by atoms with Crippen LogP contribution in [-0.2, 0) is 6.54 Å². The van der Waals surface area contributed by atoms with Gasteiger partial charge in [-0.15, -0.1) is 6.58 Å². The fraction of sp³-hybridized carbons (Fsp3) is 0.417. The van der Waals surface area contributed by atoms with Gasteiger partial charge >= 0.3 is 0 Å². The Labute approximate surface area is 102 Å². The predicted octanol–water partition coefficient (Wildman–Crippen LogP) is 2.47. The molecule has 0 fully saturated rings. The van der Waals surface area contributed by atoms with Crippen LogP contribution < -0.4 is 10.2 Å². The zero-order valence-corrected chi connectivity index (χ0v) is 10.6. The van der Waals surface area contributed by atoms with Crippen LogP contribution >= 0.6 is 11.6 Å². The zero-order chi connectivity index (χ0) is 12.0. The highest BCUT2D eigenvalue weighted by Gasteiger charge is 2.07. The number of likely N-dealkylation sites (N-methyl/N-ethyl adjacent to an activating group) is 1. The minimum Gasteiger partial charge on any atom is -0.355 e. The Kier molecular flexibility index (Phi) is 5.29. The summed E-state index contributed by atoms with van der Waals surface area (Å²) in [5.41, 5.74) is 1.10. The Morgan fingerprint density at radius 3 is 2.94 bits per heavy atom. The molecule has 1 aromatic heterocycles. The molecule has 0 unspecified atom stereocenters. The molecule has 0 amide bonds. The van der Waals surface area contributed by atoms with Crippen molar-refractivity contribution in [3.8, 4) is 0 Å². The standard InChI is InChI=1S/C12H18ClN3/c1-4-6-16(3)12-11(13)7-10(9-15-12)8-14-5-2/h4,7,9,14H,1,5-6,8H2,2-3H3. The van der Waals surface area contributed by atoms with Gasteiger partial charge in [0.2, 0.25) is 0 Å². The van der Waals surface area contributed by atoms with Crippen LogP contribution in [0.2, 0.25) is 5.02 Å². The van der Waals surface area contributed by atoms with Gasteiger partial charge < -0.3 is 10.2 Å². The number of halogens is 1. The van der Waals surface area contributed by atoms with Crippen molar-refractivity contribution in [3.05, 3.63) is 35.5 Å². The van der Waals surface area contributed by atoms with Gasteiger partial charge in [0.05, 0.1) is 5.02 Å². The van der Waals surface area contributed by atoms with Gasteiger partial charge in [0, 0.05) is 26.3 Å². The van der Waals surface area contributed by atoms with Crippen LogP contribution in [0.1, 0.15) is 12.5 Å². The van der Waals surface area contributed by atoms with E-state index in [1.807, 2.05) is 30.3 Å². The van der Waals surface area contributed by atoms with Gasteiger partial charge in [0.25, 0.3) is 0 Å². The van der Waals surface area contributed by atoms with E-state index in [-0.39, 0.29) is 0 Å². The summed E-state index contributed by atoms with van der Waals surface area (Å²) < 4.78 is 0. The normalized spacial score (nSPS) is 10.2. The monoisotopic (exact) mass is 239 g/mol. The molecule has 4 heteroatoms. The maximum atomic E-state index is 6.17. The molecule has 0 radical (unpaired) electrons. The van der Waals surface area contributed by atoms with Gasteiger partial charge in [-0.3, -0.25) is 0 Å². The smallest absolute Gasteiger partial charge is 0.147 e. The summed E-state index contributed by atoms with van der Waals surface area (Å²) >= 11 is 6.17. The van der Waals surface area contributed by atoms with E-state index in [0.717, 1.165) is 31.0 Å². The molecular formula is C12H18ClN3. The van der Waals surface area contributed by atoms with E-state index in [2.05, 4.69) is 23.8 Å². The van der Waals surface area contributed by atoms with E-state index >= 15 is 0 Å². The molecule has 16 heavy (non-hydrogen) atoms. The fourth-order valence-electron chi connectivity index (χ4n) is 1.40. The Morgan fingerprint density at radius 2 is 2.38 bits per heavy atom. The second-order valence-electron chi connectivity index (χ2n) is 3.60. The molecule has 0 aliphatic rings. The molecule has 0 aliphatic heterocycles. The lowest BCUT2D eigenvalue weighted by Crippen LogP contribution is -2.19. The van der Waals surface area contributed by atoms with Crippen LogP contribution in [0.5, 0.6) is 0 Å². The molecule has 0 bridgehead atoms. The summed E-state index contributed by atoms with van der Waals surface area (Å²) in [5.74, 6) is 0.793. The van der Waals surface area contributed by atoms with Crippen LogP contribution in [0.3, 0.4) is 0 Å². The van der Waals surface area contributed by atoms with Crippen LogP contribution in [0.15, 0.2) is 24.9 Å². The third kappa shape index (κ3) is 3.51. The number of nitrogens with zero attached hydrogens (tertiary/aromatic N) is 2. The predicted molar refractivity (Wildman–Crippen MR) is 70.1 cm³/mol. The Balaban J connectivity index is 2.78. The third-order valence-electron chi connectivity index (χ3n) is 2.22. The van der Waals surface area contributed by atoms with E-state index < -0.39 is 0 Å². The lowest BCUT2D eigenvalue weighted by Gasteiger charge is -2.17. The molecular weight excluding hydrogens is 222 g/mol. The van der Waals surface area contributed by atoms with Crippen LogP contribution in [-0.4, -0.2) is 25.1 Å². The summed E-state index contributed by atoms with van der Waals surface area (Å²) in [7, 11) is 1.94. The molecule has 0 saturated heterocycles. The van der Waals surface area contributed by atoms with E-state index in [1.165, 1.54) is 0 Å². The van der Waals surface area contributed by atoms with Crippen molar-refractivity contribution in [1.82, 2.24) is 10.3 Å². The van der Waals surface area contributed by atoms with E-state index in [4.69, 9.17) is 11.6 Å². The molecule has 0 aromatic carbocycles. The summed E-state index contributed by atoms with van der Waals surface area (Å²) in [5, 5.41) is 3.92. The highest BCUT2D eigenvalue weighted by atomic mass is 35.5. The molecule has 1 heterocycles. The summed E-state index contributed by atoms with van der Waals surface area (Å²) in [6, 6.07) is 1.95. The topological polar surface area (TPSA) is 28.2 Å². The zero-order valence-electron chi connectivity index (χ0n) is 9.83. The Hall–Kier alpha value is -1.06. The number of nitrogens with one attached hydrogen (secondary N) is 1. The maximum absolute atomic E-state index is 6.17. The van der Waals surface area contributed by atoms with Crippen molar-refractivity contribution >= 4 is 17.4 Å². The largest absolute Gasteiger partial charge is 0.355 e. The average molecular weight is 240 g/mol. The summed E-state index contributed by atoms with van der Waals surface area (Å²) in [6.07, 6.45) is 3.67. The second kappa shape index (κ2) is 6.51. The van der Waals surface area contributed by atoms with Crippen LogP contribution in [0.25, 0.3) is 0 Å². The molecule has 88 valence electrons. The lowest BCUT2D eigenvalue weighted by molar-refractivity contribution is 0.724. The molecule has 0 atom stereocenters. The van der Waals surface area contributed by atoms with Crippen molar-refractivity contribution in [1.29, 1.82) is 0 Å². The second-order valence-corrected chi connectivity index (χ2v) is 4.01. The highest BCUT2D eigenvalue weighted by Crippen LogP contribution is 2.22. The number of rotatable bonds is 6. The van der Waals surface area contributed by atoms with E-state index in [0.29, 0.717) is 5.02 Å². The molecule has 1 N–H and O–H groups in total. The van der Waals surface area contributed by atoms with Gasteiger partial charge in [0.15, 0.2) is 0 Å². The fourth-order valence-corrected chi connectivity index (χ4v) is 1.73. The summed E-state index contributed by atoms with van der Waals surface area (Å²) in [6.45, 7) is 8.24. The van der Waals surface area contributed by atoms with E-state index in [1.54, 1.807) is 0 Å². The van der Waals surface area contributed by atoms with Crippen molar-refractivity contribution in [2.45, 2.75) is 13.5 Å². The van der Waals surface area contributed by atoms with Crippen molar-refractivity contribution < 1.29 is 0 Å². The number of hydrogen-bond acceptors (Lipinski definition) is 3. The average Bonchev–Trinajstić information content (AvgIpc) is 2.26. The molecule has 0 saturated carbocycles. The number of hydrogen-bond donors (Lipinski definition) is 1. The quantitative estimate of drug-likeness (QED) is 0.773. The molecule has 1 rings (SSSR count). The molecule has 3 nitrogen and oxygen atoms in total. The Morgan fingerprint density at radius 1 is 1.62 bits per heavy atom.